The fourth-order valence-corrected chi connectivity index (χ4v) is 4.01. The average Bonchev–Trinajstić information content (AvgIpc) is 2.78. The maximum absolute atomic E-state index is 12.9. The van der Waals surface area contributed by atoms with Gasteiger partial charge in [0.1, 0.15) is 23.2 Å². The molecule has 1 aromatic heterocycles. The summed E-state index contributed by atoms with van der Waals surface area (Å²) in [6, 6.07) is 13.4. The van der Waals surface area contributed by atoms with Crippen molar-refractivity contribution in [3.05, 3.63) is 82.2 Å². The second-order valence-corrected chi connectivity index (χ2v) is 8.49. The van der Waals surface area contributed by atoms with Crippen molar-refractivity contribution in [2.75, 3.05) is 6.54 Å². The second kappa shape index (κ2) is 10.1. The Balaban J connectivity index is 0.00000324. The number of carbonyl (C=O) groups excluding carboxylic acids is 3. The summed E-state index contributed by atoms with van der Waals surface area (Å²) in [5.41, 5.74) is -0.596. The fourth-order valence-electron chi connectivity index (χ4n) is 3.33. The van der Waals surface area contributed by atoms with E-state index in [1.54, 1.807) is 54.6 Å². The molecule has 2 aromatic carbocycles. The number of hydrogen-bond donors (Lipinski definition) is 2. The summed E-state index contributed by atoms with van der Waals surface area (Å²) in [5, 5.41) is 5.27. The molecule has 0 aliphatic carbocycles. The number of para-hydroxylation sites is 1. The summed E-state index contributed by atoms with van der Waals surface area (Å²) in [5.74, 6) is -2.80. The summed E-state index contributed by atoms with van der Waals surface area (Å²) in [6.07, 6.45) is 0. The SMILES string of the molecule is O=C(NC(C(=O)NC1CN(S(=O)(=O)[O-])C1=O)c1ccccc1)c1cc2ccccc2oc1=O.[Na+]. The molecule has 4 rings (SSSR count). The van der Waals surface area contributed by atoms with E-state index in [4.69, 9.17) is 4.42 Å². The van der Waals surface area contributed by atoms with E-state index in [9.17, 15) is 32.1 Å². The quantitative estimate of drug-likeness (QED) is 0.159. The van der Waals surface area contributed by atoms with Crippen LogP contribution in [0.15, 0.2) is 69.9 Å². The molecule has 2 N–H and O–H groups in total. The molecule has 11 nitrogen and oxygen atoms in total. The van der Waals surface area contributed by atoms with Crippen LogP contribution in [-0.4, -0.2) is 47.6 Å². The van der Waals surface area contributed by atoms with E-state index in [0.29, 0.717) is 10.9 Å². The summed E-state index contributed by atoms with van der Waals surface area (Å²) in [4.78, 5) is 50.0. The second-order valence-electron chi connectivity index (χ2n) is 7.19. The van der Waals surface area contributed by atoms with Crippen LogP contribution in [0.4, 0.5) is 0 Å². The predicted octanol–water partition coefficient (Wildman–Crippen LogP) is -2.94. The van der Waals surface area contributed by atoms with Gasteiger partial charge in [-0.25, -0.2) is 17.5 Å². The zero-order chi connectivity index (χ0) is 23.8. The predicted molar refractivity (Wildman–Crippen MR) is 112 cm³/mol. The van der Waals surface area contributed by atoms with Crippen LogP contribution in [0.5, 0.6) is 0 Å². The van der Waals surface area contributed by atoms with Gasteiger partial charge in [0.15, 0.2) is 10.3 Å². The molecule has 3 amide bonds. The van der Waals surface area contributed by atoms with Crippen molar-refractivity contribution in [1.82, 2.24) is 14.9 Å². The van der Waals surface area contributed by atoms with Gasteiger partial charge >= 0.3 is 35.2 Å². The standard InChI is InChI=1S/C21H17N3O8S.Na/c25-18(14-10-13-8-4-5-9-16(13)32-21(14)28)23-17(12-6-2-1-3-7-12)19(26)22-15-11-24(20(15)27)33(29,30)31;/h1-10,15,17H,11H2,(H,22,26)(H,23,25)(H,29,30,31);/q;+1/p-1. The molecule has 1 fully saturated rings. The van der Waals surface area contributed by atoms with Gasteiger partial charge < -0.3 is 19.6 Å². The third kappa shape index (κ3) is 5.21. The Morgan fingerprint density at radius 1 is 1.06 bits per heavy atom. The van der Waals surface area contributed by atoms with Crippen LogP contribution in [0.3, 0.4) is 0 Å². The number of nitrogens with zero attached hydrogens (tertiary/aromatic N) is 1. The third-order valence-electron chi connectivity index (χ3n) is 5.04. The fraction of sp³-hybridized carbons (Fsp3) is 0.143. The summed E-state index contributed by atoms with van der Waals surface area (Å²) < 4.78 is 38.2. The Morgan fingerprint density at radius 3 is 2.35 bits per heavy atom. The van der Waals surface area contributed by atoms with Crippen LogP contribution in [0, 0.1) is 0 Å². The van der Waals surface area contributed by atoms with E-state index in [2.05, 4.69) is 10.6 Å². The van der Waals surface area contributed by atoms with Crippen molar-refractivity contribution >= 4 is 39.0 Å². The van der Waals surface area contributed by atoms with Gasteiger partial charge in [0.2, 0.25) is 5.91 Å². The molecule has 1 saturated heterocycles. The number of benzene rings is 2. The topological polar surface area (TPSA) is 166 Å². The Labute approximate surface area is 215 Å². The molecular formula is C21H16N3NaO8S. The first-order chi connectivity index (χ1) is 15.6. The van der Waals surface area contributed by atoms with Crippen LogP contribution in [0.1, 0.15) is 22.0 Å². The molecule has 3 aromatic rings. The minimum atomic E-state index is -4.97. The van der Waals surface area contributed by atoms with Gasteiger partial charge in [-0.05, 0) is 17.7 Å². The molecular weight excluding hydrogens is 477 g/mol. The van der Waals surface area contributed by atoms with E-state index in [1.165, 1.54) is 6.07 Å². The van der Waals surface area contributed by atoms with Gasteiger partial charge in [-0.2, -0.15) is 0 Å². The molecule has 2 atom stereocenters. The van der Waals surface area contributed by atoms with Gasteiger partial charge in [-0.3, -0.25) is 14.4 Å². The first kappa shape index (κ1) is 25.6. The van der Waals surface area contributed by atoms with Crippen molar-refractivity contribution in [3.8, 4) is 0 Å². The van der Waals surface area contributed by atoms with Gasteiger partial charge in [0, 0.05) is 5.39 Å². The molecule has 0 saturated carbocycles. The molecule has 170 valence electrons. The van der Waals surface area contributed by atoms with Crippen molar-refractivity contribution in [2.45, 2.75) is 12.1 Å². The van der Waals surface area contributed by atoms with Crippen LogP contribution < -0.4 is 45.8 Å². The maximum atomic E-state index is 12.9. The first-order valence-electron chi connectivity index (χ1n) is 9.61. The minimum absolute atomic E-state index is 0. The van der Waals surface area contributed by atoms with E-state index in [1.807, 2.05) is 0 Å². The molecule has 1 aliphatic rings. The number of amides is 3. The van der Waals surface area contributed by atoms with Crippen molar-refractivity contribution in [1.29, 1.82) is 0 Å². The number of hydrogen-bond acceptors (Lipinski definition) is 8. The van der Waals surface area contributed by atoms with Crippen LogP contribution in [0.25, 0.3) is 11.0 Å². The van der Waals surface area contributed by atoms with E-state index >= 15 is 0 Å². The number of carbonyl (C=O) groups is 3. The first-order valence-corrected chi connectivity index (χ1v) is 11.0. The summed E-state index contributed by atoms with van der Waals surface area (Å²) >= 11 is 0. The average molecular weight is 493 g/mol. The van der Waals surface area contributed by atoms with Crippen molar-refractivity contribution in [3.63, 3.8) is 0 Å². The number of β-lactam (4-membered cyclic amide) rings is 1. The molecule has 0 spiro atoms. The number of nitrogens with one attached hydrogen (secondary N) is 2. The Kier molecular flexibility index (Phi) is 7.58. The molecule has 1 aliphatic heterocycles. The van der Waals surface area contributed by atoms with Crippen molar-refractivity contribution in [2.24, 2.45) is 0 Å². The minimum Gasteiger partial charge on any atom is -0.731 e. The van der Waals surface area contributed by atoms with Crippen LogP contribution >= 0.6 is 0 Å². The normalized spacial score (nSPS) is 16.2. The molecule has 0 radical (unpaired) electrons. The summed E-state index contributed by atoms with van der Waals surface area (Å²) in [6.45, 7) is -0.514. The van der Waals surface area contributed by atoms with E-state index < -0.39 is 52.3 Å². The smallest absolute Gasteiger partial charge is 0.731 e. The number of fused-ring (bicyclic) bond motifs is 1. The zero-order valence-corrected chi connectivity index (χ0v) is 20.6. The Morgan fingerprint density at radius 2 is 1.71 bits per heavy atom. The van der Waals surface area contributed by atoms with Crippen LogP contribution in [-0.2, 0) is 19.9 Å². The number of rotatable bonds is 6. The van der Waals surface area contributed by atoms with E-state index in [-0.39, 0.29) is 45.0 Å². The largest absolute Gasteiger partial charge is 1.00 e. The third-order valence-corrected chi connectivity index (χ3v) is 5.90. The van der Waals surface area contributed by atoms with E-state index in [0.717, 1.165) is 0 Å². The zero-order valence-electron chi connectivity index (χ0n) is 17.8. The van der Waals surface area contributed by atoms with Crippen molar-refractivity contribution < 1.29 is 61.3 Å². The molecule has 2 heterocycles. The van der Waals surface area contributed by atoms with Crippen LogP contribution in [0.2, 0.25) is 0 Å². The van der Waals surface area contributed by atoms with Gasteiger partial charge in [0.05, 0.1) is 6.54 Å². The Hall–Kier alpha value is -3.03. The monoisotopic (exact) mass is 493 g/mol. The Bertz CT molecular complexity index is 1420. The molecule has 0 bridgehead atoms. The molecule has 34 heavy (non-hydrogen) atoms. The van der Waals surface area contributed by atoms with Gasteiger partial charge in [0.25, 0.3) is 11.8 Å². The molecule has 2 unspecified atom stereocenters. The van der Waals surface area contributed by atoms with Gasteiger partial charge in [-0.15, -0.1) is 0 Å². The molecule has 13 heteroatoms. The summed E-state index contributed by atoms with van der Waals surface area (Å²) in [7, 11) is -4.97. The van der Waals surface area contributed by atoms with Gasteiger partial charge in [-0.1, -0.05) is 48.5 Å². The maximum Gasteiger partial charge on any atom is 1.00 e.